The maximum Gasteiger partial charge on any atom is 0.142 e. The Morgan fingerprint density at radius 2 is 2.29 bits per heavy atom. The van der Waals surface area contributed by atoms with Crippen LogP contribution in [0.1, 0.15) is 12.0 Å². The van der Waals surface area contributed by atoms with Gasteiger partial charge in [0, 0.05) is 29.1 Å². The number of benzene rings is 1. The monoisotopic (exact) mass is 284 g/mol. The summed E-state index contributed by atoms with van der Waals surface area (Å²) < 4.78 is 8.74. The minimum absolute atomic E-state index is 0.866. The van der Waals surface area contributed by atoms with Crippen LogP contribution in [0, 0.1) is 0 Å². The molecule has 0 saturated carbocycles. The molecule has 90 valence electrons. The predicted octanol–water partition coefficient (Wildman–Crippen LogP) is 3.20. The Balaban J connectivity index is 2.38. The summed E-state index contributed by atoms with van der Waals surface area (Å²) in [6.07, 6.45) is 2.26. The molecule has 2 N–H and O–H groups in total. The lowest BCUT2D eigenvalue weighted by Gasteiger charge is -2.28. The maximum atomic E-state index is 6.09. The molecular formula is C11H14N2OP2S. The first-order valence-electron chi connectivity index (χ1n) is 5.44. The van der Waals surface area contributed by atoms with E-state index >= 15 is 0 Å². The van der Waals surface area contributed by atoms with Crippen LogP contribution in [0.3, 0.4) is 0 Å². The summed E-state index contributed by atoms with van der Waals surface area (Å²) in [5.74, 6) is 0.889. The summed E-state index contributed by atoms with van der Waals surface area (Å²) in [5.41, 5.74) is 9.53. The van der Waals surface area contributed by atoms with Crippen LogP contribution < -0.4 is 14.9 Å². The maximum absolute atomic E-state index is 6.09. The molecule has 0 spiro atoms. The zero-order chi connectivity index (χ0) is 12.0. The van der Waals surface area contributed by atoms with E-state index in [2.05, 4.69) is 29.6 Å². The average Bonchev–Trinajstić information content (AvgIpc) is 2.72. The van der Waals surface area contributed by atoms with Crippen LogP contribution in [0.25, 0.3) is 10.1 Å². The molecule has 1 aliphatic rings. The molecule has 1 aliphatic heterocycles. The van der Waals surface area contributed by atoms with Gasteiger partial charge < -0.3 is 14.9 Å². The number of rotatable bonds is 1. The highest BCUT2D eigenvalue weighted by atomic mass is 32.1. The van der Waals surface area contributed by atoms with E-state index in [9.17, 15) is 0 Å². The summed E-state index contributed by atoms with van der Waals surface area (Å²) in [6.45, 7) is 1.06. The predicted molar refractivity (Wildman–Crippen MR) is 82.0 cm³/mol. The third kappa shape index (κ3) is 1.71. The van der Waals surface area contributed by atoms with E-state index in [1.165, 1.54) is 23.1 Å². The molecule has 0 fully saturated rings. The van der Waals surface area contributed by atoms with Crippen molar-refractivity contribution in [1.82, 2.24) is 0 Å². The standard InChI is InChI=1S/C11H14N2OP2S/c12-7-5-17-11-9(14-16)4-8-6(10(7)11)2-1-3-13(8)15/h4-5H,1-3,12,15-16H2. The van der Waals surface area contributed by atoms with Crippen molar-refractivity contribution in [2.24, 2.45) is 0 Å². The van der Waals surface area contributed by atoms with Gasteiger partial charge in [0.1, 0.15) is 5.75 Å². The Labute approximate surface area is 109 Å². The number of anilines is 2. The highest BCUT2D eigenvalue weighted by Crippen LogP contribution is 2.45. The fourth-order valence-electron chi connectivity index (χ4n) is 2.41. The van der Waals surface area contributed by atoms with E-state index in [1.54, 1.807) is 11.3 Å². The Morgan fingerprint density at radius 3 is 3.06 bits per heavy atom. The van der Waals surface area contributed by atoms with Crippen molar-refractivity contribution in [3.8, 4) is 5.75 Å². The van der Waals surface area contributed by atoms with Crippen LogP contribution in [0.2, 0.25) is 0 Å². The summed E-state index contributed by atoms with van der Waals surface area (Å²) in [4.78, 5) is 0. The number of nitrogens with two attached hydrogens (primary N) is 1. The third-order valence-corrected chi connectivity index (χ3v) is 4.99. The van der Waals surface area contributed by atoms with Gasteiger partial charge in [-0.25, -0.2) is 0 Å². The van der Waals surface area contributed by atoms with Gasteiger partial charge in [-0.05, 0) is 27.8 Å². The van der Waals surface area contributed by atoms with Gasteiger partial charge in [0.05, 0.1) is 19.9 Å². The highest BCUT2D eigenvalue weighted by molar-refractivity contribution is 7.19. The van der Waals surface area contributed by atoms with Crippen molar-refractivity contribution < 1.29 is 4.52 Å². The van der Waals surface area contributed by atoms with Crippen molar-refractivity contribution in [2.45, 2.75) is 12.8 Å². The Morgan fingerprint density at radius 1 is 1.47 bits per heavy atom. The number of thiophene rings is 1. The SMILES string of the molecule is Nc1csc2c(OP)cc3c(c12)CCCN3P. The lowest BCUT2D eigenvalue weighted by atomic mass is 9.98. The zero-order valence-electron chi connectivity index (χ0n) is 9.27. The number of nitrogen functional groups attached to an aromatic ring is 1. The van der Waals surface area contributed by atoms with Crippen LogP contribution in [0.4, 0.5) is 11.4 Å². The quantitative estimate of drug-likeness (QED) is 0.817. The summed E-state index contributed by atoms with van der Waals surface area (Å²) in [5, 5.41) is 3.18. The van der Waals surface area contributed by atoms with Gasteiger partial charge in [0.25, 0.3) is 0 Å². The molecule has 0 aliphatic carbocycles. The van der Waals surface area contributed by atoms with Crippen LogP contribution in [0.15, 0.2) is 11.4 Å². The van der Waals surface area contributed by atoms with E-state index in [4.69, 9.17) is 10.3 Å². The molecule has 3 nitrogen and oxygen atoms in total. The Kier molecular flexibility index (Phi) is 2.90. The van der Waals surface area contributed by atoms with Crippen molar-refractivity contribution in [1.29, 1.82) is 0 Å². The topological polar surface area (TPSA) is 38.5 Å². The number of hydrogen-bond acceptors (Lipinski definition) is 4. The second kappa shape index (κ2) is 4.28. The molecule has 2 aromatic rings. The minimum Gasteiger partial charge on any atom is -0.479 e. The first kappa shape index (κ1) is 11.5. The fourth-order valence-corrected chi connectivity index (χ4v) is 4.04. The van der Waals surface area contributed by atoms with Gasteiger partial charge in [-0.2, -0.15) is 0 Å². The van der Waals surface area contributed by atoms with Crippen LogP contribution >= 0.6 is 30.2 Å². The van der Waals surface area contributed by atoms with E-state index in [-0.39, 0.29) is 0 Å². The average molecular weight is 284 g/mol. The first-order valence-corrected chi connectivity index (χ1v) is 7.30. The summed E-state index contributed by atoms with van der Waals surface area (Å²) in [7, 11) is 5.09. The lowest BCUT2D eigenvalue weighted by molar-refractivity contribution is 0.654. The largest absolute Gasteiger partial charge is 0.479 e. The molecular weight excluding hydrogens is 270 g/mol. The van der Waals surface area contributed by atoms with Gasteiger partial charge in [0.15, 0.2) is 0 Å². The Bertz CT molecular complexity index is 584. The molecule has 1 aromatic carbocycles. The Hall–Kier alpha value is -0.560. The normalized spacial score (nSPS) is 15.1. The molecule has 0 saturated heterocycles. The zero-order valence-corrected chi connectivity index (χ0v) is 12.4. The lowest BCUT2D eigenvalue weighted by Crippen LogP contribution is -2.19. The molecule has 0 radical (unpaired) electrons. The van der Waals surface area contributed by atoms with Crippen molar-refractivity contribution >= 4 is 51.7 Å². The molecule has 17 heavy (non-hydrogen) atoms. The van der Waals surface area contributed by atoms with Crippen molar-refractivity contribution in [3.05, 3.63) is 17.0 Å². The van der Waals surface area contributed by atoms with Gasteiger partial charge in [-0.3, -0.25) is 0 Å². The minimum atomic E-state index is 0.866. The van der Waals surface area contributed by atoms with Crippen LogP contribution in [-0.4, -0.2) is 6.54 Å². The molecule has 0 amide bonds. The smallest absolute Gasteiger partial charge is 0.142 e. The second-order valence-electron chi connectivity index (χ2n) is 4.18. The summed E-state index contributed by atoms with van der Waals surface area (Å²) in [6, 6.07) is 2.10. The molecule has 2 heterocycles. The highest BCUT2D eigenvalue weighted by Gasteiger charge is 2.21. The molecule has 2 atom stereocenters. The van der Waals surface area contributed by atoms with Crippen molar-refractivity contribution in [2.75, 3.05) is 16.9 Å². The molecule has 2 unspecified atom stereocenters. The number of aryl methyl sites for hydroxylation is 1. The molecule has 0 bridgehead atoms. The van der Waals surface area contributed by atoms with E-state index in [0.717, 1.165) is 29.1 Å². The van der Waals surface area contributed by atoms with E-state index < -0.39 is 0 Å². The number of nitrogens with zero attached hydrogens (tertiary/aromatic N) is 1. The molecule has 3 rings (SSSR count). The van der Waals surface area contributed by atoms with Crippen LogP contribution in [-0.2, 0) is 6.42 Å². The van der Waals surface area contributed by atoms with Crippen LogP contribution in [0.5, 0.6) is 5.75 Å². The van der Waals surface area contributed by atoms with Gasteiger partial charge >= 0.3 is 0 Å². The van der Waals surface area contributed by atoms with Gasteiger partial charge in [-0.1, -0.05) is 0 Å². The van der Waals surface area contributed by atoms with Crippen molar-refractivity contribution in [3.63, 3.8) is 0 Å². The third-order valence-electron chi connectivity index (χ3n) is 3.18. The van der Waals surface area contributed by atoms with Gasteiger partial charge in [-0.15, -0.1) is 11.3 Å². The van der Waals surface area contributed by atoms with Gasteiger partial charge in [0.2, 0.25) is 0 Å². The second-order valence-corrected chi connectivity index (χ2v) is 5.92. The fraction of sp³-hybridized carbons (Fsp3) is 0.273. The number of hydrogen-bond donors (Lipinski definition) is 1. The summed E-state index contributed by atoms with van der Waals surface area (Å²) >= 11 is 1.65. The number of fused-ring (bicyclic) bond motifs is 3. The first-order chi connectivity index (χ1) is 8.22. The van der Waals surface area contributed by atoms with E-state index in [0.29, 0.717) is 0 Å². The van der Waals surface area contributed by atoms with E-state index in [1.807, 2.05) is 5.38 Å². The molecule has 1 aromatic heterocycles. The molecule has 6 heteroatoms.